The van der Waals surface area contributed by atoms with Gasteiger partial charge in [0.25, 0.3) is 5.91 Å². The predicted octanol–water partition coefficient (Wildman–Crippen LogP) is 6.35. The minimum atomic E-state index is -0.624. The maximum Gasteiger partial charge on any atom is 0.291 e. The Labute approximate surface area is 201 Å². The number of hydrogen-bond donors (Lipinski definition) is 0. The monoisotopic (exact) mass is 477 g/mol. The maximum atomic E-state index is 13.6. The first-order valence-electron chi connectivity index (χ1n) is 11.4. The number of amides is 1. The second-order valence-electron chi connectivity index (χ2n) is 8.35. The van der Waals surface area contributed by atoms with Gasteiger partial charge in [0, 0.05) is 5.02 Å². The van der Waals surface area contributed by atoms with Crippen LogP contribution in [0.3, 0.4) is 0 Å². The molecule has 0 saturated carbocycles. The Morgan fingerprint density at radius 2 is 1.88 bits per heavy atom. The predicted molar refractivity (Wildman–Crippen MR) is 129 cm³/mol. The molecule has 2 aromatic carbocycles. The summed E-state index contributed by atoms with van der Waals surface area (Å²) in [5, 5.41) is 0.775. The molecule has 5 rings (SSSR count). The van der Waals surface area contributed by atoms with E-state index in [1.807, 2.05) is 24.3 Å². The third-order valence-corrected chi connectivity index (χ3v) is 6.28. The topological polar surface area (TPSA) is 72.9 Å². The van der Waals surface area contributed by atoms with Crippen molar-refractivity contribution >= 4 is 28.5 Å². The third kappa shape index (κ3) is 4.10. The normalized spacial score (nSPS) is 15.2. The van der Waals surface area contributed by atoms with Gasteiger partial charge in [0.15, 0.2) is 5.43 Å². The van der Waals surface area contributed by atoms with Crippen molar-refractivity contribution in [3.8, 4) is 5.75 Å². The molecule has 1 aliphatic rings. The third-order valence-electron chi connectivity index (χ3n) is 6.05. The molecule has 6 nitrogen and oxygen atoms in total. The quantitative estimate of drug-likeness (QED) is 0.276. The van der Waals surface area contributed by atoms with Crippen LogP contribution in [0.4, 0.5) is 0 Å². The average molecular weight is 478 g/mol. The molecule has 0 spiro atoms. The van der Waals surface area contributed by atoms with Gasteiger partial charge in [-0.1, -0.05) is 43.5 Å². The fraction of sp³-hybridized carbons (Fsp3) is 0.259. The van der Waals surface area contributed by atoms with Crippen molar-refractivity contribution in [2.45, 2.75) is 38.8 Å². The summed E-state index contributed by atoms with van der Waals surface area (Å²) in [4.78, 5) is 28.6. The minimum absolute atomic E-state index is 0.0521. The summed E-state index contributed by atoms with van der Waals surface area (Å²) in [7, 11) is 0. The Bertz CT molecular complexity index is 1370. The van der Waals surface area contributed by atoms with Crippen LogP contribution in [0.15, 0.2) is 74.5 Å². The lowest BCUT2D eigenvalue weighted by molar-refractivity contribution is 0.0701. The van der Waals surface area contributed by atoms with Gasteiger partial charge in [-0.3, -0.25) is 9.59 Å². The largest absolute Gasteiger partial charge is 0.494 e. The van der Waals surface area contributed by atoms with Crippen molar-refractivity contribution in [3.05, 3.63) is 98.8 Å². The molecule has 2 aromatic heterocycles. The van der Waals surface area contributed by atoms with Crippen LogP contribution >= 0.6 is 11.6 Å². The van der Waals surface area contributed by atoms with E-state index in [9.17, 15) is 9.59 Å². The maximum absolute atomic E-state index is 13.6. The number of furan rings is 1. The number of hydrogen-bond acceptors (Lipinski definition) is 5. The molecule has 1 amide bonds. The summed E-state index contributed by atoms with van der Waals surface area (Å²) >= 11 is 6.14. The van der Waals surface area contributed by atoms with Crippen LogP contribution in [0.1, 0.15) is 59.7 Å². The number of unbranched alkanes of at least 4 members (excludes halogenated alkanes) is 2. The number of rotatable bonds is 8. The smallest absolute Gasteiger partial charge is 0.291 e. The summed E-state index contributed by atoms with van der Waals surface area (Å²) in [6, 6.07) is 15.3. The molecule has 1 unspecified atom stereocenters. The van der Waals surface area contributed by atoms with Gasteiger partial charge in [0.05, 0.1) is 36.4 Å². The van der Waals surface area contributed by atoms with Crippen LogP contribution in [-0.4, -0.2) is 17.4 Å². The molecular formula is C27H24ClNO5. The number of ether oxygens (including phenoxy) is 1. The highest BCUT2D eigenvalue weighted by Gasteiger charge is 2.43. The Hall–Kier alpha value is -3.51. The lowest BCUT2D eigenvalue weighted by Crippen LogP contribution is -2.29. The summed E-state index contributed by atoms with van der Waals surface area (Å²) in [6.07, 6.45) is 4.80. The van der Waals surface area contributed by atoms with Crippen LogP contribution in [0.25, 0.3) is 11.0 Å². The second kappa shape index (κ2) is 9.39. The first-order valence-corrected chi connectivity index (χ1v) is 11.8. The fourth-order valence-electron chi connectivity index (χ4n) is 4.36. The van der Waals surface area contributed by atoms with Crippen molar-refractivity contribution in [3.63, 3.8) is 0 Å². The fourth-order valence-corrected chi connectivity index (χ4v) is 4.53. The van der Waals surface area contributed by atoms with Gasteiger partial charge in [-0.2, -0.15) is 0 Å². The number of carbonyl (C=O) groups excluding carboxylic acids is 1. The molecule has 7 heteroatoms. The molecule has 0 N–H and O–H groups in total. The number of halogens is 1. The number of fused-ring (bicyclic) bond motifs is 2. The van der Waals surface area contributed by atoms with Crippen LogP contribution < -0.4 is 10.2 Å². The minimum Gasteiger partial charge on any atom is -0.494 e. The van der Waals surface area contributed by atoms with Crippen LogP contribution in [-0.2, 0) is 6.54 Å². The lowest BCUT2D eigenvalue weighted by Gasteiger charge is -2.24. The van der Waals surface area contributed by atoms with E-state index in [1.165, 1.54) is 0 Å². The molecule has 4 aromatic rings. The van der Waals surface area contributed by atoms with Gasteiger partial charge in [-0.05, 0) is 54.4 Å². The van der Waals surface area contributed by atoms with E-state index >= 15 is 0 Å². The van der Waals surface area contributed by atoms with Crippen LogP contribution in [0, 0.1) is 0 Å². The summed E-state index contributed by atoms with van der Waals surface area (Å²) < 4.78 is 17.3. The highest BCUT2D eigenvalue weighted by atomic mass is 35.5. The lowest BCUT2D eigenvalue weighted by atomic mass is 9.98. The summed E-state index contributed by atoms with van der Waals surface area (Å²) in [6.45, 7) is 3.00. The zero-order valence-electron chi connectivity index (χ0n) is 18.8. The van der Waals surface area contributed by atoms with Crippen molar-refractivity contribution in [1.82, 2.24) is 4.90 Å². The number of benzene rings is 2. The van der Waals surface area contributed by atoms with Crippen LogP contribution in [0.5, 0.6) is 5.75 Å². The number of carbonyl (C=O) groups is 1. The molecule has 1 aliphatic heterocycles. The summed E-state index contributed by atoms with van der Waals surface area (Å²) in [5.74, 6) is 1.06. The van der Waals surface area contributed by atoms with Gasteiger partial charge in [-0.15, -0.1) is 0 Å². The Morgan fingerprint density at radius 1 is 1.06 bits per heavy atom. The van der Waals surface area contributed by atoms with E-state index in [1.54, 1.807) is 41.5 Å². The van der Waals surface area contributed by atoms with Crippen molar-refractivity contribution in [2.75, 3.05) is 6.61 Å². The van der Waals surface area contributed by atoms with Gasteiger partial charge >= 0.3 is 0 Å². The zero-order valence-corrected chi connectivity index (χ0v) is 19.5. The van der Waals surface area contributed by atoms with Gasteiger partial charge in [0.2, 0.25) is 5.76 Å². The molecular weight excluding hydrogens is 454 g/mol. The van der Waals surface area contributed by atoms with E-state index in [2.05, 4.69) is 6.92 Å². The van der Waals surface area contributed by atoms with Crippen molar-refractivity contribution < 1.29 is 18.4 Å². The zero-order chi connectivity index (χ0) is 23.7. The van der Waals surface area contributed by atoms with E-state index in [-0.39, 0.29) is 23.6 Å². The second-order valence-corrected chi connectivity index (χ2v) is 8.79. The van der Waals surface area contributed by atoms with E-state index in [0.717, 1.165) is 30.6 Å². The van der Waals surface area contributed by atoms with E-state index in [0.29, 0.717) is 33.9 Å². The first kappa shape index (κ1) is 22.3. The summed E-state index contributed by atoms with van der Waals surface area (Å²) in [5.41, 5.74) is 1.16. The molecule has 1 atom stereocenters. The Morgan fingerprint density at radius 3 is 2.62 bits per heavy atom. The first-order chi connectivity index (χ1) is 16.6. The van der Waals surface area contributed by atoms with Crippen molar-refractivity contribution in [1.29, 1.82) is 0 Å². The van der Waals surface area contributed by atoms with Crippen LogP contribution in [0.2, 0.25) is 5.02 Å². The van der Waals surface area contributed by atoms with Gasteiger partial charge in [-0.25, -0.2) is 0 Å². The van der Waals surface area contributed by atoms with Gasteiger partial charge < -0.3 is 18.5 Å². The SMILES string of the molecule is CCCCCOc1ccc(C2c3c(oc4ccc(Cl)cc4c3=O)C(=O)N2Cc2ccco2)cc1. The van der Waals surface area contributed by atoms with Crippen molar-refractivity contribution in [2.24, 2.45) is 0 Å². The molecule has 0 aliphatic carbocycles. The average Bonchev–Trinajstić information content (AvgIpc) is 3.45. The highest BCUT2D eigenvalue weighted by Crippen LogP contribution is 2.39. The standard InChI is InChI=1S/C27H24ClNO5/c1-2-3-4-13-32-19-10-7-17(8-11-19)24-23-25(30)21-15-18(28)9-12-22(21)34-26(23)27(31)29(24)16-20-6-5-14-33-20/h5-12,14-15,24H,2-4,13,16H2,1H3. The van der Waals surface area contributed by atoms with E-state index < -0.39 is 6.04 Å². The van der Waals surface area contributed by atoms with E-state index in [4.69, 9.17) is 25.2 Å². The molecule has 0 saturated heterocycles. The highest BCUT2D eigenvalue weighted by molar-refractivity contribution is 6.31. The molecule has 34 heavy (non-hydrogen) atoms. The molecule has 3 heterocycles. The Kier molecular flexibility index (Phi) is 6.16. The number of nitrogens with zero attached hydrogens (tertiary/aromatic N) is 1. The molecule has 0 fully saturated rings. The molecule has 0 bridgehead atoms. The van der Waals surface area contributed by atoms with Gasteiger partial charge in [0.1, 0.15) is 17.1 Å². The molecule has 174 valence electrons. The Balaban J connectivity index is 1.57. The molecule has 0 radical (unpaired) electrons.